The zero-order valence-electron chi connectivity index (χ0n) is 10.9. The number of carbonyl (C=O) groups is 1. The molecule has 0 radical (unpaired) electrons. The minimum atomic E-state index is -1.62. The molecule has 0 spiro atoms. The quantitative estimate of drug-likeness (QED) is 0.822. The average Bonchev–Trinajstić information content (AvgIpc) is 2.37. The Labute approximate surface area is 107 Å². The maximum Gasteiger partial charge on any atom is 0.338 e. The molecule has 2 atom stereocenters. The van der Waals surface area contributed by atoms with Gasteiger partial charge in [0, 0.05) is 5.92 Å². The number of carbonyl (C=O) groups excluding carboxylic acids is 1. The number of esters is 1. The summed E-state index contributed by atoms with van der Waals surface area (Å²) < 4.78 is 18.1. The standard InChI is InChI=1S/C14H19FO3/c1-4-14(17,13(16)18-5-2)10(3)11-7-6-8-12(15)9-11/h6-10,17H,4-5H2,1-3H3. The van der Waals surface area contributed by atoms with Crippen LogP contribution in [0.1, 0.15) is 38.7 Å². The maximum atomic E-state index is 13.2. The van der Waals surface area contributed by atoms with Gasteiger partial charge in [0.2, 0.25) is 0 Å². The first kappa shape index (κ1) is 14.6. The molecule has 100 valence electrons. The molecule has 2 unspecified atom stereocenters. The molecule has 0 bridgehead atoms. The van der Waals surface area contributed by atoms with Crippen LogP contribution in [-0.4, -0.2) is 23.3 Å². The Morgan fingerprint density at radius 3 is 2.67 bits per heavy atom. The van der Waals surface area contributed by atoms with E-state index in [0.717, 1.165) is 0 Å². The van der Waals surface area contributed by atoms with Crippen LogP contribution in [0.25, 0.3) is 0 Å². The lowest BCUT2D eigenvalue weighted by molar-refractivity contribution is -0.167. The van der Waals surface area contributed by atoms with Crippen LogP contribution in [0.5, 0.6) is 0 Å². The fourth-order valence-electron chi connectivity index (χ4n) is 1.94. The van der Waals surface area contributed by atoms with Crippen LogP contribution in [0, 0.1) is 5.82 Å². The van der Waals surface area contributed by atoms with Crippen molar-refractivity contribution in [2.24, 2.45) is 0 Å². The van der Waals surface area contributed by atoms with Gasteiger partial charge in [-0.2, -0.15) is 0 Å². The fourth-order valence-corrected chi connectivity index (χ4v) is 1.94. The van der Waals surface area contributed by atoms with Crippen LogP contribution in [0.15, 0.2) is 24.3 Å². The smallest absolute Gasteiger partial charge is 0.338 e. The summed E-state index contributed by atoms with van der Waals surface area (Å²) in [4.78, 5) is 11.8. The molecule has 0 aliphatic carbocycles. The van der Waals surface area contributed by atoms with Crippen molar-refractivity contribution in [1.82, 2.24) is 0 Å². The zero-order chi connectivity index (χ0) is 13.8. The molecular formula is C14H19FO3. The van der Waals surface area contributed by atoms with Crippen LogP contribution in [0.3, 0.4) is 0 Å². The molecule has 0 fully saturated rings. The summed E-state index contributed by atoms with van der Waals surface area (Å²) >= 11 is 0. The average molecular weight is 254 g/mol. The number of ether oxygens (including phenoxy) is 1. The second-order valence-corrected chi connectivity index (χ2v) is 4.27. The number of aliphatic hydroxyl groups is 1. The van der Waals surface area contributed by atoms with E-state index in [0.29, 0.717) is 5.56 Å². The van der Waals surface area contributed by atoms with E-state index in [-0.39, 0.29) is 18.8 Å². The Hall–Kier alpha value is -1.42. The second-order valence-electron chi connectivity index (χ2n) is 4.27. The van der Waals surface area contributed by atoms with Gasteiger partial charge in [-0.1, -0.05) is 26.0 Å². The Kier molecular flexibility index (Phi) is 4.84. The minimum absolute atomic E-state index is 0.205. The Morgan fingerprint density at radius 2 is 2.17 bits per heavy atom. The first-order chi connectivity index (χ1) is 8.45. The normalized spacial score (nSPS) is 15.8. The highest BCUT2D eigenvalue weighted by atomic mass is 19.1. The van der Waals surface area contributed by atoms with Gasteiger partial charge in [-0.05, 0) is 31.0 Å². The second kappa shape index (κ2) is 5.96. The highest BCUT2D eigenvalue weighted by Crippen LogP contribution is 2.32. The Bertz CT molecular complexity index is 419. The van der Waals surface area contributed by atoms with Crippen molar-refractivity contribution in [1.29, 1.82) is 0 Å². The molecule has 1 aromatic carbocycles. The van der Waals surface area contributed by atoms with Gasteiger partial charge in [0.05, 0.1) is 6.61 Å². The highest BCUT2D eigenvalue weighted by Gasteiger charge is 2.42. The Morgan fingerprint density at radius 1 is 1.50 bits per heavy atom. The van der Waals surface area contributed by atoms with E-state index in [1.165, 1.54) is 12.1 Å². The monoisotopic (exact) mass is 254 g/mol. The third-order valence-electron chi connectivity index (χ3n) is 3.23. The summed E-state index contributed by atoms with van der Waals surface area (Å²) in [5, 5.41) is 10.4. The van der Waals surface area contributed by atoms with Gasteiger partial charge in [-0.15, -0.1) is 0 Å². The molecule has 0 saturated heterocycles. The van der Waals surface area contributed by atoms with Crippen molar-refractivity contribution in [3.63, 3.8) is 0 Å². The van der Waals surface area contributed by atoms with E-state index in [4.69, 9.17) is 4.74 Å². The van der Waals surface area contributed by atoms with Crippen LogP contribution in [-0.2, 0) is 9.53 Å². The summed E-state index contributed by atoms with van der Waals surface area (Å²) in [6.07, 6.45) is 0.212. The molecule has 3 nitrogen and oxygen atoms in total. The van der Waals surface area contributed by atoms with E-state index >= 15 is 0 Å². The first-order valence-corrected chi connectivity index (χ1v) is 6.10. The van der Waals surface area contributed by atoms with E-state index in [1.807, 2.05) is 0 Å². The highest BCUT2D eigenvalue weighted by molar-refractivity contribution is 5.80. The lowest BCUT2D eigenvalue weighted by Gasteiger charge is -2.31. The van der Waals surface area contributed by atoms with Gasteiger partial charge < -0.3 is 9.84 Å². The van der Waals surface area contributed by atoms with Crippen molar-refractivity contribution < 1.29 is 19.0 Å². The predicted octanol–water partition coefficient (Wildman–Crippen LogP) is 2.63. The lowest BCUT2D eigenvalue weighted by atomic mass is 9.81. The van der Waals surface area contributed by atoms with Gasteiger partial charge in [0.25, 0.3) is 0 Å². The fraction of sp³-hybridized carbons (Fsp3) is 0.500. The van der Waals surface area contributed by atoms with Crippen molar-refractivity contribution in [2.75, 3.05) is 6.61 Å². The molecule has 0 heterocycles. The maximum absolute atomic E-state index is 13.2. The summed E-state index contributed by atoms with van der Waals surface area (Å²) in [6.45, 7) is 5.28. The van der Waals surface area contributed by atoms with Gasteiger partial charge in [-0.3, -0.25) is 0 Å². The van der Waals surface area contributed by atoms with Gasteiger partial charge in [-0.25, -0.2) is 9.18 Å². The third kappa shape index (κ3) is 2.88. The Balaban J connectivity index is 3.04. The molecule has 0 saturated carbocycles. The molecule has 18 heavy (non-hydrogen) atoms. The van der Waals surface area contributed by atoms with E-state index < -0.39 is 17.5 Å². The minimum Gasteiger partial charge on any atom is -0.464 e. The number of benzene rings is 1. The molecule has 0 aliphatic heterocycles. The number of rotatable bonds is 5. The van der Waals surface area contributed by atoms with E-state index in [2.05, 4.69) is 0 Å². The van der Waals surface area contributed by atoms with Crippen molar-refractivity contribution in [2.45, 2.75) is 38.7 Å². The van der Waals surface area contributed by atoms with Crippen LogP contribution in [0.2, 0.25) is 0 Å². The molecule has 1 aromatic rings. The predicted molar refractivity (Wildman–Crippen MR) is 66.7 cm³/mol. The van der Waals surface area contributed by atoms with Crippen molar-refractivity contribution in [3.8, 4) is 0 Å². The summed E-state index contributed by atoms with van der Waals surface area (Å²) in [5.41, 5.74) is -1.04. The summed E-state index contributed by atoms with van der Waals surface area (Å²) in [5.74, 6) is -1.58. The van der Waals surface area contributed by atoms with Crippen LogP contribution >= 0.6 is 0 Å². The van der Waals surface area contributed by atoms with Crippen molar-refractivity contribution >= 4 is 5.97 Å². The lowest BCUT2D eigenvalue weighted by Crippen LogP contribution is -2.44. The number of halogens is 1. The van der Waals surface area contributed by atoms with Crippen LogP contribution < -0.4 is 0 Å². The van der Waals surface area contributed by atoms with Gasteiger partial charge in [0.15, 0.2) is 5.60 Å². The molecule has 0 aromatic heterocycles. The zero-order valence-corrected chi connectivity index (χ0v) is 10.9. The largest absolute Gasteiger partial charge is 0.464 e. The molecular weight excluding hydrogens is 235 g/mol. The topological polar surface area (TPSA) is 46.5 Å². The molecule has 0 amide bonds. The van der Waals surface area contributed by atoms with Gasteiger partial charge in [0.1, 0.15) is 5.82 Å². The van der Waals surface area contributed by atoms with Crippen LogP contribution in [0.4, 0.5) is 4.39 Å². The van der Waals surface area contributed by atoms with Crippen molar-refractivity contribution in [3.05, 3.63) is 35.6 Å². The van der Waals surface area contributed by atoms with E-state index in [1.54, 1.807) is 32.9 Å². The van der Waals surface area contributed by atoms with Gasteiger partial charge >= 0.3 is 5.97 Å². The SMILES string of the molecule is CCOC(=O)C(O)(CC)C(C)c1cccc(F)c1. The summed E-state index contributed by atoms with van der Waals surface area (Å²) in [6, 6.07) is 5.89. The molecule has 0 aliphatic rings. The molecule has 1 N–H and O–H groups in total. The number of hydrogen-bond donors (Lipinski definition) is 1. The van der Waals surface area contributed by atoms with E-state index in [9.17, 15) is 14.3 Å². The third-order valence-corrected chi connectivity index (χ3v) is 3.23. The summed E-state index contributed by atoms with van der Waals surface area (Å²) in [7, 11) is 0. The number of hydrogen-bond acceptors (Lipinski definition) is 3. The molecule has 1 rings (SSSR count). The molecule has 4 heteroatoms. The first-order valence-electron chi connectivity index (χ1n) is 6.10.